The first kappa shape index (κ1) is 26.4. The van der Waals surface area contributed by atoms with Crippen molar-refractivity contribution in [3.8, 4) is 0 Å². The van der Waals surface area contributed by atoms with Crippen LogP contribution in [0.15, 0.2) is 4.99 Å². The van der Waals surface area contributed by atoms with Crippen molar-refractivity contribution in [3.05, 3.63) is 0 Å². The summed E-state index contributed by atoms with van der Waals surface area (Å²) < 4.78 is 5.41. The Bertz CT molecular complexity index is 499. The summed E-state index contributed by atoms with van der Waals surface area (Å²) in [5.41, 5.74) is 0. The molecule has 2 aliphatic heterocycles. The minimum atomic E-state index is 0. The number of guanidine groups is 1. The van der Waals surface area contributed by atoms with Crippen LogP contribution < -0.4 is 5.32 Å². The molecule has 1 unspecified atom stereocenters. The molecule has 0 spiro atoms. The van der Waals surface area contributed by atoms with Crippen LogP contribution >= 0.6 is 24.0 Å². The molecule has 2 fully saturated rings. The standard InChI is InChI=1S/C20H40N6O2.HI/c1-5-26-11-6-8-18(26)17-24(4)20(22-16-19(27)23(2)3)21-9-7-10-25-12-14-28-15-13-25;/h18H,5-17H2,1-4H3,(H,21,22);1H. The Labute approximate surface area is 194 Å². The van der Waals surface area contributed by atoms with Crippen molar-refractivity contribution in [2.24, 2.45) is 4.99 Å². The van der Waals surface area contributed by atoms with Crippen molar-refractivity contribution in [1.29, 1.82) is 0 Å². The second kappa shape index (κ2) is 14.4. The van der Waals surface area contributed by atoms with Crippen molar-refractivity contribution in [2.75, 3.05) is 86.7 Å². The number of carbonyl (C=O) groups is 1. The van der Waals surface area contributed by atoms with Crippen LogP contribution in [0.1, 0.15) is 26.2 Å². The maximum atomic E-state index is 12.0. The van der Waals surface area contributed by atoms with Gasteiger partial charge in [-0.15, -0.1) is 24.0 Å². The largest absolute Gasteiger partial charge is 0.379 e. The van der Waals surface area contributed by atoms with Gasteiger partial charge in [-0.3, -0.25) is 14.6 Å². The van der Waals surface area contributed by atoms with Gasteiger partial charge in [0.25, 0.3) is 0 Å². The van der Waals surface area contributed by atoms with E-state index in [1.54, 1.807) is 19.0 Å². The Balaban J connectivity index is 0.00000420. The van der Waals surface area contributed by atoms with Gasteiger partial charge in [-0.25, -0.2) is 4.99 Å². The van der Waals surface area contributed by atoms with Gasteiger partial charge in [-0.2, -0.15) is 0 Å². The van der Waals surface area contributed by atoms with Gasteiger partial charge in [-0.1, -0.05) is 6.92 Å². The molecule has 2 aliphatic rings. The topological polar surface area (TPSA) is 63.7 Å². The van der Waals surface area contributed by atoms with E-state index in [1.165, 1.54) is 19.4 Å². The molecular weight excluding hydrogens is 483 g/mol. The summed E-state index contributed by atoms with van der Waals surface area (Å²) >= 11 is 0. The van der Waals surface area contributed by atoms with Gasteiger partial charge in [0.1, 0.15) is 6.54 Å². The van der Waals surface area contributed by atoms with E-state index >= 15 is 0 Å². The fourth-order valence-electron chi connectivity index (χ4n) is 3.84. The maximum Gasteiger partial charge on any atom is 0.243 e. The Morgan fingerprint density at radius 2 is 1.93 bits per heavy atom. The number of rotatable bonds is 9. The second-order valence-corrected chi connectivity index (χ2v) is 7.97. The molecule has 0 radical (unpaired) electrons. The Morgan fingerprint density at radius 1 is 1.21 bits per heavy atom. The monoisotopic (exact) mass is 524 g/mol. The van der Waals surface area contributed by atoms with Gasteiger partial charge >= 0.3 is 0 Å². The molecule has 29 heavy (non-hydrogen) atoms. The SMILES string of the molecule is CCN1CCCC1CN(C)C(=NCC(=O)N(C)C)NCCCN1CCOCC1.I. The van der Waals surface area contributed by atoms with Crippen molar-refractivity contribution in [3.63, 3.8) is 0 Å². The lowest BCUT2D eigenvalue weighted by molar-refractivity contribution is -0.127. The lowest BCUT2D eigenvalue weighted by Gasteiger charge is -2.30. The molecule has 0 aromatic rings. The number of morpholine rings is 1. The number of nitrogens with zero attached hydrogens (tertiary/aromatic N) is 5. The van der Waals surface area contributed by atoms with E-state index in [0.29, 0.717) is 6.04 Å². The van der Waals surface area contributed by atoms with Crippen LogP contribution in [0.3, 0.4) is 0 Å². The summed E-state index contributed by atoms with van der Waals surface area (Å²) in [7, 11) is 5.63. The third kappa shape index (κ3) is 9.35. The van der Waals surface area contributed by atoms with Gasteiger partial charge in [0.05, 0.1) is 13.2 Å². The zero-order valence-electron chi connectivity index (χ0n) is 18.7. The molecule has 2 heterocycles. The fraction of sp³-hybridized carbons (Fsp3) is 0.900. The van der Waals surface area contributed by atoms with E-state index < -0.39 is 0 Å². The molecule has 0 aromatic heterocycles. The van der Waals surface area contributed by atoms with E-state index in [0.717, 1.165) is 64.9 Å². The quantitative estimate of drug-likeness (QED) is 0.208. The first-order valence-corrected chi connectivity index (χ1v) is 10.7. The van der Waals surface area contributed by atoms with Crippen LogP contribution in [-0.4, -0.2) is 124 Å². The molecule has 9 heteroatoms. The molecule has 0 aromatic carbocycles. The molecular formula is C20H41IN6O2. The van der Waals surface area contributed by atoms with E-state index in [4.69, 9.17) is 4.74 Å². The highest BCUT2D eigenvalue weighted by Gasteiger charge is 2.25. The Morgan fingerprint density at radius 3 is 2.59 bits per heavy atom. The van der Waals surface area contributed by atoms with E-state index in [2.05, 4.69) is 39.0 Å². The molecule has 0 saturated carbocycles. The van der Waals surface area contributed by atoms with Gasteiger partial charge in [0.15, 0.2) is 5.96 Å². The summed E-state index contributed by atoms with van der Waals surface area (Å²) in [5, 5.41) is 3.49. The highest BCUT2D eigenvalue weighted by Crippen LogP contribution is 2.17. The van der Waals surface area contributed by atoms with Gasteiger partial charge in [0, 0.05) is 53.4 Å². The number of hydrogen-bond acceptors (Lipinski definition) is 5. The molecule has 170 valence electrons. The summed E-state index contributed by atoms with van der Waals surface area (Å²) in [6, 6.07) is 0.569. The summed E-state index contributed by atoms with van der Waals surface area (Å²) in [5.74, 6) is 0.859. The normalized spacial score (nSPS) is 21.0. The second-order valence-electron chi connectivity index (χ2n) is 7.97. The number of likely N-dealkylation sites (N-methyl/N-ethyl adjacent to an activating group) is 3. The Hall–Kier alpha value is -0.650. The van der Waals surface area contributed by atoms with Crippen LogP contribution in [0, 0.1) is 0 Å². The highest BCUT2D eigenvalue weighted by atomic mass is 127. The van der Waals surface area contributed by atoms with Gasteiger partial charge < -0.3 is 19.9 Å². The first-order chi connectivity index (χ1) is 13.5. The van der Waals surface area contributed by atoms with Crippen molar-refractivity contribution >= 4 is 35.8 Å². The minimum absolute atomic E-state index is 0. The predicted molar refractivity (Wildman–Crippen MR) is 129 cm³/mol. The van der Waals surface area contributed by atoms with Gasteiger partial charge in [-0.05, 0) is 38.9 Å². The number of carbonyl (C=O) groups excluding carboxylic acids is 1. The van der Waals surface area contributed by atoms with Crippen LogP contribution in [-0.2, 0) is 9.53 Å². The summed E-state index contributed by atoms with van der Waals surface area (Å²) in [6.45, 7) is 11.3. The molecule has 1 amide bonds. The molecule has 2 saturated heterocycles. The minimum Gasteiger partial charge on any atom is -0.379 e. The molecule has 8 nitrogen and oxygen atoms in total. The van der Waals surface area contributed by atoms with Crippen LogP contribution in [0.2, 0.25) is 0 Å². The van der Waals surface area contributed by atoms with Crippen molar-refractivity contribution in [1.82, 2.24) is 24.9 Å². The first-order valence-electron chi connectivity index (χ1n) is 10.7. The third-order valence-electron chi connectivity index (χ3n) is 5.65. The average Bonchev–Trinajstić information content (AvgIpc) is 3.14. The zero-order chi connectivity index (χ0) is 20.4. The summed E-state index contributed by atoms with van der Waals surface area (Å²) in [6.07, 6.45) is 3.56. The third-order valence-corrected chi connectivity index (χ3v) is 5.65. The average molecular weight is 524 g/mol. The predicted octanol–water partition coefficient (Wildman–Crippen LogP) is 0.777. The molecule has 1 atom stereocenters. The summed E-state index contributed by atoms with van der Waals surface area (Å²) in [4.78, 5) is 25.4. The maximum absolute atomic E-state index is 12.0. The number of halogens is 1. The molecule has 2 rings (SSSR count). The van der Waals surface area contributed by atoms with Crippen molar-refractivity contribution < 1.29 is 9.53 Å². The Kier molecular flexibility index (Phi) is 13.1. The van der Waals surface area contributed by atoms with Gasteiger partial charge in [0.2, 0.25) is 5.91 Å². The van der Waals surface area contributed by atoms with Crippen LogP contribution in [0.4, 0.5) is 0 Å². The number of nitrogens with one attached hydrogen (secondary N) is 1. The lowest BCUT2D eigenvalue weighted by atomic mass is 10.2. The van der Waals surface area contributed by atoms with E-state index in [9.17, 15) is 4.79 Å². The number of ether oxygens (including phenoxy) is 1. The number of aliphatic imine (C=N–C) groups is 1. The molecule has 0 aliphatic carbocycles. The lowest BCUT2D eigenvalue weighted by Crippen LogP contribution is -2.47. The zero-order valence-corrected chi connectivity index (χ0v) is 21.1. The van der Waals surface area contributed by atoms with Crippen LogP contribution in [0.25, 0.3) is 0 Å². The molecule has 0 bridgehead atoms. The highest BCUT2D eigenvalue weighted by molar-refractivity contribution is 14.0. The van der Waals surface area contributed by atoms with E-state index in [-0.39, 0.29) is 36.4 Å². The van der Waals surface area contributed by atoms with Crippen LogP contribution in [0.5, 0.6) is 0 Å². The molecule has 1 N–H and O–H groups in total. The number of likely N-dealkylation sites (tertiary alicyclic amines) is 1. The number of amides is 1. The smallest absolute Gasteiger partial charge is 0.243 e. The fourth-order valence-corrected chi connectivity index (χ4v) is 3.84. The number of hydrogen-bond donors (Lipinski definition) is 1. The van der Waals surface area contributed by atoms with E-state index in [1.807, 2.05) is 0 Å². The van der Waals surface area contributed by atoms with Crippen molar-refractivity contribution in [2.45, 2.75) is 32.2 Å².